The number of ketones is 1. The Labute approximate surface area is 128 Å². The number of carbonyl (C=O) groups excluding carboxylic acids is 3. The molecule has 0 bridgehead atoms. The third-order valence-corrected chi connectivity index (χ3v) is 5.03. The SMILES string of the molecule is CC(=O)O[C@@H]1C2=C(C)C(=O)OC2=CC2=CC(=O)C[C@H](C)[C@]21C. The molecule has 0 aromatic carbocycles. The van der Waals surface area contributed by atoms with E-state index in [2.05, 4.69) is 0 Å². The van der Waals surface area contributed by atoms with Gasteiger partial charge < -0.3 is 9.47 Å². The van der Waals surface area contributed by atoms with E-state index in [0.29, 0.717) is 23.3 Å². The molecule has 0 fully saturated rings. The van der Waals surface area contributed by atoms with E-state index in [9.17, 15) is 14.4 Å². The van der Waals surface area contributed by atoms with Crippen LogP contribution in [0.15, 0.2) is 34.6 Å². The third kappa shape index (κ3) is 1.88. The molecule has 2 aliphatic carbocycles. The van der Waals surface area contributed by atoms with Gasteiger partial charge in [0.2, 0.25) is 0 Å². The predicted octanol–water partition coefficient (Wildman–Crippen LogP) is 2.23. The zero-order valence-electron chi connectivity index (χ0n) is 13.1. The molecule has 0 unspecified atom stereocenters. The van der Waals surface area contributed by atoms with Crippen molar-refractivity contribution in [2.24, 2.45) is 11.3 Å². The lowest BCUT2D eigenvalue weighted by Crippen LogP contribution is -2.48. The number of rotatable bonds is 1. The van der Waals surface area contributed by atoms with Crippen molar-refractivity contribution in [3.8, 4) is 0 Å². The standard InChI is InChI=1S/C17H18O5/c1-8-5-12(19)6-11-7-13-14(9(2)16(20)22-13)15(17(8,11)4)21-10(3)18/h6-8,15H,5H2,1-4H3/t8-,15+,17+/m0/s1. The monoisotopic (exact) mass is 302 g/mol. The summed E-state index contributed by atoms with van der Waals surface area (Å²) in [5.74, 6) is -0.444. The molecule has 1 heterocycles. The van der Waals surface area contributed by atoms with E-state index in [1.54, 1.807) is 19.1 Å². The van der Waals surface area contributed by atoms with Gasteiger partial charge in [-0.05, 0) is 30.6 Å². The van der Waals surface area contributed by atoms with Crippen molar-refractivity contribution in [2.45, 2.75) is 40.2 Å². The Balaban J connectivity index is 2.25. The van der Waals surface area contributed by atoms with Crippen molar-refractivity contribution in [3.63, 3.8) is 0 Å². The minimum absolute atomic E-state index is 0.0156. The number of ether oxygens (including phenoxy) is 2. The van der Waals surface area contributed by atoms with Crippen molar-refractivity contribution in [1.29, 1.82) is 0 Å². The lowest BCUT2D eigenvalue weighted by atomic mass is 9.59. The van der Waals surface area contributed by atoms with Crippen LogP contribution in [0.3, 0.4) is 0 Å². The zero-order valence-corrected chi connectivity index (χ0v) is 13.1. The van der Waals surface area contributed by atoms with Crippen molar-refractivity contribution >= 4 is 17.7 Å². The maximum Gasteiger partial charge on any atom is 0.339 e. The first-order chi connectivity index (χ1) is 10.2. The van der Waals surface area contributed by atoms with Crippen LogP contribution in [0.1, 0.15) is 34.1 Å². The van der Waals surface area contributed by atoms with Crippen molar-refractivity contribution in [2.75, 3.05) is 0 Å². The highest BCUT2D eigenvalue weighted by atomic mass is 16.6. The maximum absolute atomic E-state index is 11.9. The number of allylic oxidation sites excluding steroid dienone is 2. The molecule has 116 valence electrons. The van der Waals surface area contributed by atoms with Gasteiger partial charge in [-0.1, -0.05) is 13.8 Å². The fourth-order valence-electron chi connectivity index (χ4n) is 3.54. The molecule has 5 nitrogen and oxygen atoms in total. The van der Waals surface area contributed by atoms with Gasteiger partial charge in [-0.25, -0.2) is 4.79 Å². The van der Waals surface area contributed by atoms with E-state index in [1.165, 1.54) is 6.92 Å². The number of hydrogen-bond acceptors (Lipinski definition) is 5. The van der Waals surface area contributed by atoms with Crippen LogP contribution in [-0.4, -0.2) is 23.8 Å². The lowest BCUT2D eigenvalue weighted by molar-refractivity contribution is -0.151. The normalized spacial score (nSPS) is 33.6. The van der Waals surface area contributed by atoms with E-state index >= 15 is 0 Å². The van der Waals surface area contributed by atoms with Crippen LogP contribution in [0.2, 0.25) is 0 Å². The summed E-state index contributed by atoms with van der Waals surface area (Å²) in [6.07, 6.45) is 3.08. The molecule has 3 atom stereocenters. The highest BCUT2D eigenvalue weighted by molar-refractivity contribution is 5.96. The average Bonchev–Trinajstić information content (AvgIpc) is 2.68. The van der Waals surface area contributed by atoms with Crippen LogP contribution in [0, 0.1) is 11.3 Å². The fraction of sp³-hybridized carbons (Fsp3) is 0.471. The number of hydrogen-bond donors (Lipinski definition) is 0. The van der Waals surface area contributed by atoms with Crippen molar-refractivity contribution < 1.29 is 23.9 Å². The Morgan fingerprint density at radius 1 is 1.36 bits per heavy atom. The topological polar surface area (TPSA) is 69.7 Å². The Morgan fingerprint density at radius 3 is 2.68 bits per heavy atom. The highest BCUT2D eigenvalue weighted by Gasteiger charge is 2.54. The molecule has 0 radical (unpaired) electrons. The molecule has 0 saturated heterocycles. The van der Waals surface area contributed by atoms with Gasteiger partial charge in [-0.2, -0.15) is 0 Å². The van der Waals surface area contributed by atoms with Gasteiger partial charge in [-0.15, -0.1) is 0 Å². The van der Waals surface area contributed by atoms with E-state index < -0.39 is 23.5 Å². The molecule has 0 aromatic heterocycles. The minimum atomic E-state index is -0.620. The van der Waals surface area contributed by atoms with Gasteiger partial charge in [0.25, 0.3) is 0 Å². The van der Waals surface area contributed by atoms with Gasteiger partial charge in [0.05, 0.1) is 0 Å². The first-order valence-electron chi connectivity index (χ1n) is 7.32. The molecule has 1 aliphatic heterocycles. The van der Waals surface area contributed by atoms with E-state index in [0.717, 1.165) is 5.57 Å². The molecular formula is C17H18O5. The van der Waals surface area contributed by atoms with Crippen LogP contribution in [0.25, 0.3) is 0 Å². The fourth-order valence-corrected chi connectivity index (χ4v) is 3.54. The quantitative estimate of drug-likeness (QED) is 0.695. The van der Waals surface area contributed by atoms with Crippen LogP contribution >= 0.6 is 0 Å². The third-order valence-electron chi connectivity index (χ3n) is 5.03. The lowest BCUT2D eigenvalue weighted by Gasteiger charge is -2.47. The Morgan fingerprint density at radius 2 is 2.05 bits per heavy atom. The number of fused-ring (bicyclic) bond motifs is 2. The summed E-state index contributed by atoms with van der Waals surface area (Å²) in [5, 5.41) is 0. The number of esters is 2. The van der Waals surface area contributed by atoms with Gasteiger partial charge in [0, 0.05) is 29.9 Å². The summed E-state index contributed by atoms with van der Waals surface area (Å²) in [6, 6.07) is 0. The van der Waals surface area contributed by atoms with Gasteiger partial charge in [0.1, 0.15) is 11.9 Å². The Kier molecular flexibility index (Phi) is 3.13. The molecule has 0 aromatic rings. The summed E-state index contributed by atoms with van der Waals surface area (Å²) in [5.41, 5.74) is 1.29. The van der Waals surface area contributed by atoms with Gasteiger partial charge >= 0.3 is 11.9 Å². The molecule has 3 rings (SSSR count). The van der Waals surface area contributed by atoms with Crippen LogP contribution in [-0.2, 0) is 23.9 Å². The summed E-state index contributed by atoms with van der Waals surface area (Å²) in [7, 11) is 0. The van der Waals surface area contributed by atoms with Crippen molar-refractivity contribution in [1.82, 2.24) is 0 Å². The molecule has 0 N–H and O–H groups in total. The van der Waals surface area contributed by atoms with Crippen LogP contribution in [0.4, 0.5) is 0 Å². The van der Waals surface area contributed by atoms with Crippen LogP contribution < -0.4 is 0 Å². The summed E-state index contributed by atoms with van der Waals surface area (Å²) < 4.78 is 10.8. The van der Waals surface area contributed by atoms with Gasteiger partial charge in [-0.3, -0.25) is 9.59 Å². The first-order valence-corrected chi connectivity index (χ1v) is 7.32. The zero-order chi connectivity index (χ0) is 16.2. The summed E-state index contributed by atoms with van der Waals surface area (Å²) in [4.78, 5) is 35.4. The second kappa shape index (κ2) is 4.66. The Bertz CT molecular complexity index is 694. The smallest absolute Gasteiger partial charge is 0.339 e. The molecule has 3 aliphatic rings. The molecular weight excluding hydrogens is 284 g/mol. The van der Waals surface area contributed by atoms with E-state index in [-0.39, 0.29) is 11.7 Å². The first kappa shape index (κ1) is 14.8. The Hall–Kier alpha value is -2.17. The minimum Gasteiger partial charge on any atom is -0.457 e. The second-order valence-corrected chi connectivity index (χ2v) is 6.38. The molecule has 0 spiro atoms. The van der Waals surface area contributed by atoms with E-state index in [4.69, 9.17) is 9.47 Å². The van der Waals surface area contributed by atoms with Gasteiger partial charge in [0.15, 0.2) is 5.78 Å². The largest absolute Gasteiger partial charge is 0.457 e. The predicted molar refractivity (Wildman–Crippen MR) is 77.4 cm³/mol. The summed E-state index contributed by atoms with van der Waals surface area (Å²) >= 11 is 0. The molecule has 5 heteroatoms. The van der Waals surface area contributed by atoms with E-state index in [1.807, 2.05) is 13.8 Å². The average molecular weight is 302 g/mol. The summed E-state index contributed by atoms with van der Waals surface area (Å²) in [6.45, 7) is 6.95. The van der Waals surface area contributed by atoms with Crippen molar-refractivity contribution in [3.05, 3.63) is 34.6 Å². The highest BCUT2D eigenvalue weighted by Crippen LogP contribution is 2.54. The maximum atomic E-state index is 11.9. The van der Waals surface area contributed by atoms with Crippen LogP contribution in [0.5, 0.6) is 0 Å². The second-order valence-electron chi connectivity index (χ2n) is 6.38. The molecule has 22 heavy (non-hydrogen) atoms. The number of carbonyl (C=O) groups is 3. The molecule has 0 amide bonds. The molecule has 0 saturated carbocycles.